The summed E-state index contributed by atoms with van der Waals surface area (Å²) in [4.78, 5) is 7.01. The minimum absolute atomic E-state index is 0.516. The first-order valence-corrected chi connectivity index (χ1v) is 7.34. The number of nitrogens with zero attached hydrogens (tertiary/aromatic N) is 2. The van der Waals surface area contributed by atoms with Crippen LogP contribution < -0.4 is 10.2 Å². The Morgan fingerprint density at radius 1 is 1.35 bits per heavy atom. The first-order chi connectivity index (χ1) is 8.04. The SMILES string of the molecule is CCN(c1nc(CNCC(C)C)cs1)C(C)C. The lowest BCUT2D eigenvalue weighted by molar-refractivity contribution is 0.549. The summed E-state index contributed by atoms with van der Waals surface area (Å²) in [6.07, 6.45) is 0. The molecule has 0 aliphatic carbocycles. The van der Waals surface area contributed by atoms with E-state index in [1.165, 1.54) is 0 Å². The molecule has 0 bridgehead atoms. The van der Waals surface area contributed by atoms with Crippen molar-refractivity contribution in [3.8, 4) is 0 Å². The van der Waals surface area contributed by atoms with Gasteiger partial charge in [-0.2, -0.15) is 0 Å². The first kappa shape index (κ1) is 14.5. The van der Waals surface area contributed by atoms with Gasteiger partial charge in [0.05, 0.1) is 5.69 Å². The van der Waals surface area contributed by atoms with E-state index < -0.39 is 0 Å². The van der Waals surface area contributed by atoms with Gasteiger partial charge in [-0.15, -0.1) is 11.3 Å². The Labute approximate surface area is 109 Å². The Morgan fingerprint density at radius 3 is 2.59 bits per heavy atom. The van der Waals surface area contributed by atoms with Gasteiger partial charge in [0, 0.05) is 24.5 Å². The van der Waals surface area contributed by atoms with Crippen LogP contribution in [0, 0.1) is 5.92 Å². The van der Waals surface area contributed by atoms with Gasteiger partial charge >= 0.3 is 0 Å². The fourth-order valence-corrected chi connectivity index (χ4v) is 2.74. The Hall–Kier alpha value is -0.610. The zero-order valence-corrected chi connectivity index (χ0v) is 12.5. The normalized spacial score (nSPS) is 11.5. The molecule has 0 radical (unpaired) electrons. The second kappa shape index (κ2) is 6.97. The highest BCUT2D eigenvalue weighted by Gasteiger charge is 2.12. The molecule has 4 heteroatoms. The minimum Gasteiger partial charge on any atom is -0.346 e. The van der Waals surface area contributed by atoms with Gasteiger partial charge in [0.15, 0.2) is 5.13 Å². The zero-order valence-electron chi connectivity index (χ0n) is 11.7. The molecule has 0 aliphatic heterocycles. The molecule has 1 rings (SSSR count). The number of rotatable bonds is 7. The van der Waals surface area contributed by atoms with Crippen LogP contribution >= 0.6 is 11.3 Å². The summed E-state index contributed by atoms with van der Waals surface area (Å²) in [5.74, 6) is 0.691. The standard InChI is InChI=1S/C13H25N3S/c1-6-16(11(4)5)13-15-12(9-17-13)8-14-7-10(2)3/h9-11,14H,6-8H2,1-5H3. The van der Waals surface area contributed by atoms with Gasteiger partial charge in [0.1, 0.15) is 0 Å². The van der Waals surface area contributed by atoms with Crippen LogP contribution in [-0.4, -0.2) is 24.1 Å². The minimum atomic E-state index is 0.516. The lowest BCUT2D eigenvalue weighted by Gasteiger charge is -2.24. The fraction of sp³-hybridized carbons (Fsp3) is 0.769. The van der Waals surface area contributed by atoms with Crippen molar-refractivity contribution in [1.29, 1.82) is 0 Å². The third kappa shape index (κ3) is 4.64. The lowest BCUT2D eigenvalue weighted by Crippen LogP contribution is -2.30. The van der Waals surface area contributed by atoms with Gasteiger partial charge in [-0.1, -0.05) is 13.8 Å². The van der Waals surface area contributed by atoms with Crippen LogP contribution in [0.3, 0.4) is 0 Å². The summed E-state index contributed by atoms with van der Waals surface area (Å²) in [5.41, 5.74) is 1.16. The van der Waals surface area contributed by atoms with Gasteiger partial charge in [0.25, 0.3) is 0 Å². The topological polar surface area (TPSA) is 28.2 Å². The maximum atomic E-state index is 4.68. The van der Waals surface area contributed by atoms with E-state index in [9.17, 15) is 0 Å². The van der Waals surface area contributed by atoms with E-state index in [1.54, 1.807) is 11.3 Å². The maximum absolute atomic E-state index is 4.68. The Balaban J connectivity index is 2.52. The van der Waals surface area contributed by atoms with Crippen LogP contribution in [0.25, 0.3) is 0 Å². The summed E-state index contributed by atoms with van der Waals surface area (Å²) >= 11 is 1.74. The molecule has 1 heterocycles. The van der Waals surface area contributed by atoms with Crippen molar-refractivity contribution in [3.63, 3.8) is 0 Å². The van der Waals surface area contributed by atoms with E-state index in [0.717, 1.165) is 30.5 Å². The third-order valence-electron chi connectivity index (χ3n) is 2.61. The molecular formula is C13H25N3S. The number of nitrogens with one attached hydrogen (secondary N) is 1. The number of hydrogen-bond acceptors (Lipinski definition) is 4. The van der Waals surface area contributed by atoms with Crippen molar-refractivity contribution in [2.24, 2.45) is 5.92 Å². The van der Waals surface area contributed by atoms with Gasteiger partial charge in [0.2, 0.25) is 0 Å². The van der Waals surface area contributed by atoms with Crippen LogP contribution in [0.1, 0.15) is 40.3 Å². The predicted molar refractivity (Wildman–Crippen MR) is 76.8 cm³/mol. The number of hydrogen-bond donors (Lipinski definition) is 1. The molecule has 0 fully saturated rings. The molecule has 98 valence electrons. The largest absolute Gasteiger partial charge is 0.346 e. The van der Waals surface area contributed by atoms with Gasteiger partial charge in [-0.05, 0) is 33.2 Å². The summed E-state index contributed by atoms with van der Waals surface area (Å²) in [5, 5.41) is 6.73. The fourth-order valence-electron chi connectivity index (χ4n) is 1.72. The zero-order chi connectivity index (χ0) is 12.8. The average molecular weight is 255 g/mol. The highest BCUT2D eigenvalue weighted by Crippen LogP contribution is 2.22. The highest BCUT2D eigenvalue weighted by molar-refractivity contribution is 7.13. The van der Waals surface area contributed by atoms with E-state index in [-0.39, 0.29) is 0 Å². The second-order valence-electron chi connectivity index (χ2n) is 5.03. The van der Waals surface area contributed by atoms with Gasteiger partial charge < -0.3 is 10.2 Å². The summed E-state index contributed by atoms with van der Waals surface area (Å²) < 4.78 is 0. The Bertz CT molecular complexity index is 320. The number of aromatic nitrogens is 1. The van der Waals surface area contributed by atoms with E-state index in [4.69, 9.17) is 0 Å². The highest BCUT2D eigenvalue weighted by atomic mass is 32.1. The lowest BCUT2D eigenvalue weighted by atomic mass is 10.2. The van der Waals surface area contributed by atoms with E-state index in [0.29, 0.717) is 12.0 Å². The molecule has 1 aromatic heterocycles. The molecule has 0 saturated heterocycles. The smallest absolute Gasteiger partial charge is 0.185 e. The maximum Gasteiger partial charge on any atom is 0.185 e. The molecule has 1 N–H and O–H groups in total. The molecule has 0 saturated carbocycles. The number of anilines is 1. The molecule has 3 nitrogen and oxygen atoms in total. The van der Waals surface area contributed by atoms with Gasteiger partial charge in [-0.3, -0.25) is 0 Å². The van der Waals surface area contributed by atoms with Gasteiger partial charge in [-0.25, -0.2) is 4.98 Å². The molecule has 0 unspecified atom stereocenters. The third-order valence-corrected chi connectivity index (χ3v) is 3.53. The predicted octanol–water partition coefficient (Wildman–Crippen LogP) is 3.12. The molecule has 0 aliphatic rings. The van der Waals surface area contributed by atoms with Crippen molar-refractivity contribution in [2.75, 3.05) is 18.0 Å². The Morgan fingerprint density at radius 2 is 2.06 bits per heavy atom. The van der Waals surface area contributed by atoms with Crippen molar-refractivity contribution in [3.05, 3.63) is 11.1 Å². The second-order valence-corrected chi connectivity index (χ2v) is 5.86. The van der Waals surface area contributed by atoms with Crippen LogP contribution in [0.15, 0.2) is 5.38 Å². The number of thiazole rings is 1. The van der Waals surface area contributed by atoms with Crippen molar-refractivity contribution >= 4 is 16.5 Å². The quantitative estimate of drug-likeness (QED) is 0.811. The average Bonchev–Trinajstić information content (AvgIpc) is 2.66. The first-order valence-electron chi connectivity index (χ1n) is 6.46. The summed E-state index contributed by atoms with van der Waals surface area (Å²) in [7, 11) is 0. The van der Waals surface area contributed by atoms with E-state index in [2.05, 4.69) is 55.2 Å². The van der Waals surface area contributed by atoms with Crippen LogP contribution in [-0.2, 0) is 6.54 Å². The molecule has 0 atom stereocenters. The summed E-state index contributed by atoms with van der Waals surface area (Å²) in [6, 6.07) is 0.516. The van der Waals surface area contributed by atoms with Crippen LogP contribution in [0.2, 0.25) is 0 Å². The monoisotopic (exact) mass is 255 g/mol. The van der Waals surface area contributed by atoms with E-state index >= 15 is 0 Å². The van der Waals surface area contributed by atoms with Crippen molar-refractivity contribution in [1.82, 2.24) is 10.3 Å². The summed E-state index contributed by atoms with van der Waals surface area (Å²) in [6.45, 7) is 14.0. The molecular weight excluding hydrogens is 230 g/mol. The molecule has 1 aromatic rings. The molecule has 0 aromatic carbocycles. The molecule has 0 amide bonds. The van der Waals surface area contributed by atoms with Crippen molar-refractivity contribution < 1.29 is 0 Å². The van der Waals surface area contributed by atoms with Crippen molar-refractivity contribution in [2.45, 2.75) is 47.2 Å². The molecule has 17 heavy (non-hydrogen) atoms. The Kier molecular flexibility index (Phi) is 5.92. The van der Waals surface area contributed by atoms with E-state index in [1.807, 2.05) is 0 Å². The van der Waals surface area contributed by atoms with Crippen LogP contribution in [0.4, 0.5) is 5.13 Å². The van der Waals surface area contributed by atoms with Crippen LogP contribution in [0.5, 0.6) is 0 Å². The molecule has 0 spiro atoms.